The van der Waals surface area contributed by atoms with Crippen LogP contribution in [0.4, 0.5) is 0 Å². The van der Waals surface area contributed by atoms with Crippen LogP contribution in [0.3, 0.4) is 0 Å². The summed E-state index contributed by atoms with van der Waals surface area (Å²) in [6, 6.07) is 0. The maximum absolute atomic E-state index is 3.70. The molecule has 0 aromatic carbocycles. The molecule has 3 N–H and O–H groups in total. The van der Waals surface area contributed by atoms with Crippen molar-refractivity contribution in [2.75, 3.05) is 26.2 Å². The fourth-order valence-electron chi connectivity index (χ4n) is 2.77. The average Bonchev–Trinajstić information content (AvgIpc) is 2.83. The first-order valence-electron chi connectivity index (χ1n) is 7.68. The van der Waals surface area contributed by atoms with Gasteiger partial charge >= 0.3 is 0 Å². The largest absolute Gasteiger partial charge is 0.361 e. The van der Waals surface area contributed by atoms with Gasteiger partial charge in [0.2, 0.25) is 0 Å². The number of H-pyrrole nitrogens is 1. The molecule has 3 heteroatoms. The molecular formula is C17H27N3. The van der Waals surface area contributed by atoms with Gasteiger partial charge in [0.1, 0.15) is 0 Å². The van der Waals surface area contributed by atoms with Crippen molar-refractivity contribution in [2.24, 2.45) is 5.92 Å². The van der Waals surface area contributed by atoms with Crippen LogP contribution in [0.15, 0.2) is 24.9 Å². The van der Waals surface area contributed by atoms with E-state index in [-0.39, 0.29) is 0 Å². The number of aromatic nitrogens is 1. The zero-order chi connectivity index (χ0) is 14.2. The molecule has 2 rings (SSSR count). The summed E-state index contributed by atoms with van der Waals surface area (Å²) in [5.41, 5.74) is 3.96. The third-order valence-corrected chi connectivity index (χ3v) is 4.15. The second-order valence-corrected chi connectivity index (χ2v) is 5.59. The Hall–Kier alpha value is -1.32. The molecule has 0 saturated carbocycles. The molecule has 0 bridgehead atoms. The Labute approximate surface area is 122 Å². The van der Waals surface area contributed by atoms with Crippen molar-refractivity contribution in [3.63, 3.8) is 0 Å². The van der Waals surface area contributed by atoms with Gasteiger partial charge in [-0.2, -0.15) is 0 Å². The molecule has 1 fully saturated rings. The van der Waals surface area contributed by atoms with Crippen molar-refractivity contribution in [1.29, 1.82) is 0 Å². The van der Waals surface area contributed by atoms with Crippen LogP contribution in [-0.2, 0) is 6.42 Å². The molecule has 1 aliphatic rings. The topological polar surface area (TPSA) is 39.9 Å². The number of allylic oxidation sites excluding steroid dienone is 2. The van der Waals surface area contributed by atoms with Crippen LogP contribution < -0.4 is 10.6 Å². The summed E-state index contributed by atoms with van der Waals surface area (Å²) >= 11 is 0. The van der Waals surface area contributed by atoms with Gasteiger partial charge in [-0.3, -0.25) is 0 Å². The number of piperidine rings is 1. The van der Waals surface area contributed by atoms with Crippen molar-refractivity contribution in [3.05, 3.63) is 41.7 Å². The molecule has 0 atom stereocenters. The fraction of sp³-hybridized carbons (Fsp3) is 0.529. The lowest BCUT2D eigenvalue weighted by atomic mass is 9.98. The molecule has 3 nitrogen and oxygen atoms in total. The summed E-state index contributed by atoms with van der Waals surface area (Å²) in [5, 5.41) is 7.02. The molecule has 0 aliphatic carbocycles. The predicted octanol–water partition coefficient (Wildman–Crippen LogP) is 2.65. The van der Waals surface area contributed by atoms with Gasteiger partial charge < -0.3 is 15.6 Å². The number of hydrogen-bond acceptors (Lipinski definition) is 2. The number of rotatable bonds is 7. The maximum atomic E-state index is 3.70. The minimum Gasteiger partial charge on any atom is -0.361 e. The minimum absolute atomic E-state index is 0.856. The van der Waals surface area contributed by atoms with Crippen LogP contribution in [0.25, 0.3) is 6.08 Å². The molecule has 2 heterocycles. The molecular weight excluding hydrogens is 246 g/mol. The Balaban J connectivity index is 1.72. The summed E-state index contributed by atoms with van der Waals surface area (Å²) in [4.78, 5) is 3.33. The quantitative estimate of drug-likeness (QED) is 0.528. The SMILES string of the molecule is C=C/C=C\c1[nH]cc(CCNCC2CCNCC2)c1C. The first kappa shape index (κ1) is 15.1. The van der Waals surface area contributed by atoms with Gasteiger partial charge in [0.15, 0.2) is 0 Å². The highest BCUT2D eigenvalue weighted by atomic mass is 14.9. The van der Waals surface area contributed by atoms with E-state index in [1.807, 2.05) is 6.08 Å². The highest BCUT2D eigenvalue weighted by Crippen LogP contribution is 2.15. The van der Waals surface area contributed by atoms with Gasteiger partial charge in [0, 0.05) is 11.9 Å². The molecule has 20 heavy (non-hydrogen) atoms. The number of nitrogens with one attached hydrogen (secondary N) is 3. The third kappa shape index (κ3) is 4.36. The van der Waals surface area contributed by atoms with Gasteiger partial charge in [0.25, 0.3) is 0 Å². The van der Waals surface area contributed by atoms with Gasteiger partial charge in [-0.05, 0) is 75.5 Å². The lowest BCUT2D eigenvalue weighted by Crippen LogP contribution is -2.34. The van der Waals surface area contributed by atoms with E-state index < -0.39 is 0 Å². The summed E-state index contributed by atoms with van der Waals surface area (Å²) in [5.74, 6) is 0.856. The van der Waals surface area contributed by atoms with Crippen molar-refractivity contribution in [1.82, 2.24) is 15.6 Å². The Kier molecular flexibility index (Phi) is 6.09. The number of hydrogen-bond donors (Lipinski definition) is 3. The predicted molar refractivity (Wildman–Crippen MR) is 86.9 cm³/mol. The smallest absolute Gasteiger partial charge is 0.0412 e. The Morgan fingerprint density at radius 3 is 2.95 bits per heavy atom. The van der Waals surface area contributed by atoms with Crippen molar-refractivity contribution in [2.45, 2.75) is 26.2 Å². The minimum atomic E-state index is 0.856. The van der Waals surface area contributed by atoms with Crippen LogP contribution in [-0.4, -0.2) is 31.2 Å². The fourth-order valence-corrected chi connectivity index (χ4v) is 2.77. The molecule has 0 radical (unpaired) electrons. The Bertz CT molecular complexity index is 439. The third-order valence-electron chi connectivity index (χ3n) is 4.15. The van der Waals surface area contributed by atoms with Crippen LogP contribution in [0.5, 0.6) is 0 Å². The van der Waals surface area contributed by atoms with Gasteiger partial charge in [-0.15, -0.1) is 0 Å². The summed E-state index contributed by atoms with van der Waals surface area (Å²) in [6.45, 7) is 10.5. The van der Waals surface area contributed by atoms with E-state index in [0.29, 0.717) is 0 Å². The second-order valence-electron chi connectivity index (χ2n) is 5.59. The molecule has 0 amide bonds. The monoisotopic (exact) mass is 273 g/mol. The van der Waals surface area contributed by atoms with E-state index in [2.05, 4.69) is 41.4 Å². The molecule has 1 aliphatic heterocycles. The van der Waals surface area contributed by atoms with E-state index in [0.717, 1.165) is 25.4 Å². The van der Waals surface area contributed by atoms with Gasteiger partial charge in [0.05, 0.1) is 0 Å². The van der Waals surface area contributed by atoms with Crippen LogP contribution in [0, 0.1) is 12.8 Å². The lowest BCUT2D eigenvalue weighted by Gasteiger charge is -2.22. The van der Waals surface area contributed by atoms with Gasteiger partial charge in [-0.25, -0.2) is 0 Å². The Morgan fingerprint density at radius 1 is 1.40 bits per heavy atom. The van der Waals surface area contributed by atoms with Crippen LogP contribution >= 0.6 is 0 Å². The van der Waals surface area contributed by atoms with Crippen molar-refractivity contribution >= 4 is 6.08 Å². The van der Waals surface area contributed by atoms with E-state index >= 15 is 0 Å². The van der Waals surface area contributed by atoms with Crippen molar-refractivity contribution < 1.29 is 0 Å². The lowest BCUT2D eigenvalue weighted by molar-refractivity contribution is 0.358. The van der Waals surface area contributed by atoms with Crippen LogP contribution in [0.1, 0.15) is 29.7 Å². The first-order valence-corrected chi connectivity index (χ1v) is 7.68. The van der Waals surface area contributed by atoms with E-state index in [9.17, 15) is 0 Å². The normalized spacial score (nSPS) is 16.9. The highest BCUT2D eigenvalue weighted by Gasteiger charge is 2.12. The number of aromatic amines is 1. The van der Waals surface area contributed by atoms with E-state index in [1.165, 1.54) is 42.8 Å². The molecule has 1 aromatic heterocycles. The molecule has 1 aromatic rings. The zero-order valence-electron chi connectivity index (χ0n) is 12.5. The summed E-state index contributed by atoms with van der Waals surface area (Å²) in [7, 11) is 0. The first-order chi connectivity index (χ1) is 9.81. The average molecular weight is 273 g/mol. The summed E-state index contributed by atoms with van der Waals surface area (Å²) < 4.78 is 0. The second kappa shape index (κ2) is 8.08. The summed E-state index contributed by atoms with van der Waals surface area (Å²) in [6.07, 6.45) is 11.7. The molecule has 0 spiro atoms. The van der Waals surface area contributed by atoms with Crippen LogP contribution in [0.2, 0.25) is 0 Å². The standard InChI is InChI=1S/C17H27N3/c1-3-4-5-17-14(2)16(13-20-17)8-11-19-12-15-6-9-18-10-7-15/h3-5,13,15,18-20H,1,6-12H2,2H3/b5-4-. The van der Waals surface area contributed by atoms with E-state index in [4.69, 9.17) is 0 Å². The Morgan fingerprint density at radius 2 is 2.20 bits per heavy atom. The molecule has 1 saturated heterocycles. The highest BCUT2D eigenvalue weighted by molar-refractivity contribution is 5.53. The zero-order valence-corrected chi connectivity index (χ0v) is 12.5. The molecule has 110 valence electrons. The van der Waals surface area contributed by atoms with E-state index in [1.54, 1.807) is 6.08 Å². The molecule has 0 unspecified atom stereocenters. The van der Waals surface area contributed by atoms with Crippen molar-refractivity contribution in [3.8, 4) is 0 Å². The van der Waals surface area contributed by atoms with Gasteiger partial charge in [-0.1, -0.05) is 18.7 Å². The maximum Gasteiger partial charge on any atom is 0.0412 e.